The van der Waals surface area contributed by atoms with Gasteiger partial charge in [-0.3, -0.25) is 19.3 Å². The molecule has 0 aliphatic carbocycles. The van der Waals surface area contributed by atoms with Gasteiger partial charge in [0.05, 0.1) is 40.4 Å². The number of hydrogen-bond acceptors (Lipinski definition) is 12. The van der Waals surface area contributed by atoms with Crippen LogP contribution in [-0.2, 0) is 4.74 Å². The predicted octanol–water partition coefficient (Wildman–Crippen LogP) is 0.610. The van der Waals surface area contributed by atoms with E-state index in [1.807, 2.05) is 0 Å². The lowest BCUT2D eigenvalue weighted by Gasteiger charge is -2.23. The summed E-state index contributed by atoms with van der Waals surface area (Å²) in [5.41, 5.74) is 6.32. The SMILES string of the molecule is Nc1nc(F)nc2c1ncn2[C@@H]1O[C@H](CO)[C@@H](O)[C@@H]1O.O=C(NC1CCNCC1)c1[nH]ncc1NC(=O)c1c(Cl)cccc1Cl. The van der Waals surface area contributed by atoms with Crippen LogP contribution < -0.4 is 21.7 Å². The maximum atomic E-state index is 13.2. The smallest absolute Gasteiger partial charge is 0.312 e. The van der Waals surface area contributed by atoms with Crippen LogP contribution in [0.2, 0.25) is 10.0 Å². The molecule has 6 rings (SSSR count). The fourth-order valence-corrected chi connectivity index (χ4v) is 5.45. The van der Waals surface area contributed by atoms with Gasteiger partial charge in [-0.2, -0.15) is 19.5 Å². The Balaban J connectivity index is 0.000000182. The van der Waals surface area contributed by atoms with Crippen LogP contribution in [0.25, 0.3) is 11.2 Å². The number of aromatic nitrogens is 6. The van der Waals surface area contributed by atoms with Gasteiger partial charge < -0.3 is 41.7 Å². The Morgan fingerprint density at radius 2 is 1.84 bits per heavy atom. The second-order valence-corrected chi connectivity index (χ2v) is 11.0. The van der Waals surface area contributed by atoms with Crippen molar-refractivity contribution in [1.82, 2.24) is 40.3 Å². The summed E-state index contributed by atoms with van der Waals surface area (Å²) in [5.74, 6) is -0.962. The molecule has 0 radical (unpaired) electrons. The summed E-state index contributed by atoms with van der Waals surface area (Å²) in [6.07, 6.45) is -1.29. The number of halogens is 3. The molecule has 9 N–H and O–H groups in total. The molecule has 2 saturated heterocycles. The highest BCUT2D eigenvalue weighted by Gasteiger charge is 2.44. The van der Waals surface area contributed by atoms with Crippen LogP contribution >= 0.6 is 23.2 Å². The molecule has 5 heterocycles. The van der Waals surface area contributed by atoms with Crippen LogP contribution in [0, 0.1) is 6.08 Å². The molecule has 3 aromatic heterocycles. The van der Waals surface area contributed by atoms with E-state index in [0.717, 1.165) is 25.9 Å². The number of amides is 2. The number of ether oxygens (including phenoxy) is 1. The fourth-order valence-electron chi connectivity index (χ4n) is 4.88. The number of anilines is 2. The minimum absolute atomic E-state index is 0.0323. The number of hydrogen-bond donors (Lipinski definition) is 8. The van der Waals surface area contributed by atoms with E-state index in [9.17, 15) is 24.2 Å². The quantitative estimate of drug-likeness (QED) is 0.132. The van der Waals surface area contributed by atoms with Crippen molar-refractivity contribution in [3.8, 4) is 0 Å². The highest BCUT2D eigenvalue weighted by Crippen LogP contribution is 2.32. The van der Waals surface area contributed by atoms with E-state index in [0.29, 0.717) is 0 Å². The van der Waals surface area contributed by atoms with E-state index >= 15 is 0 Å². The first kappa shape index (κ1) is 32.4. The molecule has 4 aromatic rings. The van der Waals surface area contributed by atoms with Gasteiger partial charge in [0.2, 0.25) is 0 Å². The van der Waals surface area contributed by atoms with Crippen molar-refractivity contribution in [2.24, 2.45) is 0 Å². The summed E-state index contributed by atoms with van der Waals surface area (Å²) in [4.78, 5) is 35.7. The van der Waals surface area contributed by atoms with Gasteiger partial charge in [-0.1, -0.05) is 29.3 Å². The van der Waals surface area contributed by atoms with E-state index in [4.69, 9.17) is 38.8 Å². The lowest BCUT2D eigenvalue weighted by Crippen LogP contribution is -2.43. The molecular weight excluding hydrogens is 638 g/mol. The molecule has 45 heavy (non-hydrogen) atoms. The molecule has 0 spiro atoms. The van der Waals surface area contributed by atoms with Gasteiger partial charge in [-0.15, -0.1) is 0 Å². The van der Waals surface area contributed by atoms with Crippen molar-refractivity contribution in [3.05, 3.63) is 58.1 Å². The molecule has 2 fully saturated rings. The number of carbonyl (C=O) groups is 2. The Labute approximate surface area is 264 Å². The average molecular weight is 667 g/mol. The fraction of sp³-hybridized carbons (Fsp3) is 0.385. The second kappa shape index (κ2) is 14.0. The zero-order valence-electron chi connectivity index (χ0n) is 23.3. The molecule has 2 aliphatic heterocycles. The molecule has 16 nitrogen and oxygen atoms in total. The van der Waals surface area contributed by atoms with Crippen LogP contribution in [0.3, 0.4) is 0 Å². The van der Waals surface area contributed by atoms with E-state index in [1.165, 1.54) is 17.1 Å². The van der Waals surface area contributed by atoms with Crippen molar-refractivity contribution in [1.29, 1.82) is 0 Å². The summed E-state index contributed by atoms with van der Waals surface area (Å²) in [5, 5.41) is 44.4. The van der Waals surface area contributed by atoms with Crippen LogP contribution in [0.15, 0.2) is 30.7 Å². The van der Waals surface area contributed by atoms with Gasteiger partial charge in [0, 0.05) is 6.04 Å². The van der Waals surface area contributed by atoms with Crippen LogP contribution in [0.1, 0.15) is 39.9 Å². The number of benzene rings is 1. The largest absolute Gasteiger partial charge is 0.394 e. The Kier molecular flexibility index (Phi) is 10.1. The zero-order chi connectivity index (χ0) is 32.2. The predicted molar refractivity (Wildman–Crippen MR) is 159 cm³/mol. The van der Waals surface area contributed by atoms with Crippen molar-refractivity contribution in [2.45, 2.75) is 43.4 Å². The van der Waals surface area contributed by atoms with Crippen LogP contribution in [0.5, 0.6) is 0 Å². The Bertz CT molecular complexity index is 1660. The summed E-state index contributed by atoms with van der Waals surface area (Å²) in [6, 6.07) is 4.89. The molecule has 19 heteroatoms. The summed E-state index contributed by atoms with van der Waals surface area (Å²) in [6.45, 7) is 1.26. The zero-order valence-corrected chi connectivity index (χ0v) is 24.8. The van der Waals surface area contributed by atoms with Crippen LogP contribution in [-0.4, -0.2) is 101 Å². The van der Waals surface area contributed by atoms with Gasteiger partial charge in [-0.25, -0.2) is 4.98 Å². The monoisotopic (exact) mass is 666 g/mol. The van der Waals surface area contributed by atoms with Crippen molar-refractivity contribution >= 4 is 57.7 Å². The molecular formula is C26H29Cl2FN10O6. The van der Waals surface area contributed by atoms with Gasteiger partial charge in [-0.05, 0) is 38.1 Å². The van der Waals surface area contributed by atoms with Crippen molar-refractivity contribution < 1.29 is 34.0 Å². The number of nitrogens with one attached hydrogen (secondary N) is 4. The van der Waals surface area contributed by atoms with Crippen LogP contribution in [0.4, 0.5) is 15.9 Å². The van der Waals surface area contributed by atoms with Crippen molar-refractivity contribution in [3.63, 3.8) is 0 Å². The number of nitrogen functional groups attached to an aromatic ring is 1. The molecule has 240 valence electrons. The number of nitrogens with zero attached hydrogens (tertiary/aromatic N) is 5. The maximum Gasteiger partial charge on any atom is 0.312 e. The molecule has 2 aliphatic rings. The van der Waals surface area contributed by atoms with E-state index in [2.05, 4.69) is 41.1 Å². The molecule has 0 saturated carbocycles. The normalized spacial score (nSPS) is 21.7. The van der Waals surface area contributed by atoms with E-state index < -0.39 is 43.1 Å². The minimum Gasteiger partial charge on any atom is -0.394 e. The molecule has 0 unspecified atom stereocenters. The number of aliphatic hydroxyl groups is 3. The lowest BCUT2D eigenvalue weighted by molar-refractivity contribution is -0.0511. The highest BCUT2D eigenvalue weighted by atomic mass is 35.5. The number of imidazole rings is 1. The summed E-state index contributed by atoms with van der Waals surface area (Å²) in [7, 11) is 0. The lowest BCUT2D eigenvalue weighted by atomic mass is 10.1. The van der Waals surface area contributed by atoms with Gasteiger partial charge in [0.1, 0.15) is 24.0 Å². The Morgan fingerprint density at radius 1 is 1.13 bits per heavy atom. The van der Waals surface area contributed by atoms with Gasteiger partial charge in [0.15, 0.2) is 23.2 Å². The number of aliphatic hydroxyl groups excluding tert-OH is 3. The van der Waals surface area contributed by atoms with Gasteiger partial charge >= 0.3 is 6.08 Å². The first-order valence-electron chi connectivity index (χ1n) is 13.7. The van der Waals surface area contributed by atoms with Gasteiger partial charge in [0.25, 0.3) is 11.8 Å². The van der Waals surface area contributed by atoms with Crippen molar-refractivity contribution in [2.75, 3.05) is 30.7 Å². The number of rotatable bonds is 6. The Morgan fingerprint density at radius 3 is 2.51 bits per heavy atom. The third-order valence-electron chi connectivity index (χ3n) is 7.19. The molecule has 1 aromatic carbocycles. The number of H-pyrrole nitrogens is 1. The number of aromatic amines is 1. The average Bonchev–Trinajstić information content (AvgIpc) is 3.72. The number of nitrogens with two attached hydrogens (primary N) is 1. The standard InChI is InChI=1S/C16H17Cl2N5O2.C10H12FN5O4/c17-10-2-1-3-11(18)13(10)15(24)22-12-8-20-23-14(12)16(25)21-9-4-6-19-7-5-9;11-10-14-7(12)4-8(15-10)16(2-13-4)9-6(19)5(18)3(1-17)20-9/h1-3,8-9,19H,4-7H2,(H,20,23)(H,21,25)(H,22,24);2-3,5-6,9,17-19H,1H2,(H2,12,14,15)/t;3-,5-,6+,9-/m.1/s1. The third-order valence-corrected chi connectivity index (χ3v) is 7.82. The van der Waals surface area contributed by atoms with E-state index in [-0.39, 0.29) is 55.9 Å². The molecule has 4 atom stereocenters. The number of carbonyl (C=O) groups excluding carboxylic acids is 2. The van der Waals surface area contributed by atoms with E-state index in [1.54, 1.807) is 18.2 Å². The summed E-state index contributed by atoms with van der Waals surface area (Å²) >= 11 is 12.1. The Hall–Kier alpha value is -3.97. The topological polar surface area (TPSA) is 238 Å². The first-order chi connectivity index (χ1) is 21.6. The summed E-state index contributed by atoms with van der Waals surface area (Å²) < 4.78 is 19.8. The molecule has 0 bridgehead atoms. The highest BCUT2D eigenvalue weighted by molar-refractivity contribution is 6.40. The number of fused-ring (bicyclic) bond motifs is 1. The molecule has 2 amide bonds. The minimum atomic E-state index is -1.32. The third kappa shape index (κ3) is 6.99. The maximum absolute atomic E-state index is 13.2. The first-order valence-corrected chi connectivity index (χ1v) is 14.4. The second-order valence-electron chi connectivity index (χ2n) is 10.1. The number of piperidine rings is 1.